The summed E-state index contributed by atoms with van der Waals surface area (Å²) < 4.78 is 1.52. The van der Waals surface area contributed by atoms with Crippen LogP contribution in [0.5, 0.6) is 0 Å². The number of carbonyl (C=O) groups excluding carboxylic acids is 1. The van der Waals surface area contributed by atoms with Gasteiger partial charge in [-0.3, -0.25) is 9.48 Å². The molecule has 94 valence electrons. The van der Waals surface area contributed by atoms with Crippen LogP contribution < -0.4 is 11.1 Å². The van der Waals surface area contributed by atoms with Crippen molar-refractivity contribution in [1.82, 2.24) is 9.78 Å². The van der Waals surface area contributed by atoms with Crippen LogP contribution in [0.1, 0.15) is 23.0 Å². The molecule has 1 heterocycles. The summed E-state index contributed by atoms with van der Waals surface area (Å²) >= 11 is 0. The number of aromatic nitrogens is 2. The number of anilines is 2. The average Bonchev–Trinajstić information content (AvgIpc) is 2.69. The maximum atomic E-state index is 12.0. The van der Waals surface area contributed by atoms with Crippen LogP contribution in [-0.4, -0.2) is 15.7 Å². The quantitative estimate of drug-likeness (QED) is 0.865. The van der Waals surface area contributed by atoms with Crippen molar-refractivity contribution in [2.45, 2.75) is 13.3 Å². The topological polar surface area (TPSA) is 72.9 Å². The van der Waals surface area contributed by atoms with Gasteiger partial charge in [-0.05, 0) is 18.1 Å². The van der Waals surface area contributed by atoms with E-state index >= 15 is 0 Å². The summed E-state index contributed by atoms with van der Waals surface area (Å²) in [4.78, 5) is 12.0. The van der Waals surface area contributed by atoms with E-state index in [0.29, 0.717) is 5.69 Å². The fourth-order valence-corrected chi connectivity index (χ4v) is 1.82. The Kier molecular flexibility index (Phi) is 3.32. The summed E-state index contributed by atoms with van der Waals surface area (Å²) in [6.45, 7) is 2.04. The van der Waals surface area contributed by atoms with Crippen LogP contribution in [0.3, 0.4) is 0 Å². The molecule has 5 nitrogen and oxygen atoms in total. The van der Waals surface area contributed by atoms with Gasteiger partial charge in [0.25, 0.3) is 5.91 Å². The molecule has 2 rings (SSSR count). The summed E-state index contributed by atoms with van der Waals surface area (Å²) in [6.07, 6.45) is 2.47. The molecule has 0 atom stereocenters. The van der Waals surface area contributed by atoms with Gasteiger partial charge in [-0.1, -0.05) is 25.1 Å². The molecule has 0 unspecified atom stereocenters. The lowest BCUT2D eigenvalue weighted by atomic mass is 10.1. The Bertz CT molecular complexity index is 574. The predicted molar refractivity (Wildman–Crippen MR) is 71.4 cm³/mol. The third kappa shape index (κ3) is 2.34. The molecule has 0 radical (unpaired) electrons. The fourth-order valence-electron chi connectivity index (χ4n) is 1.82. The highest BCUT2D eigenvalue weighted by Crippen LogP contribution is 2.17. The van der Waals surface area contributed by atoms with E-state index < -0.39 is 0 Å². The van der Waals surface area contributed by atoms with Crippen molar-refractivity contribution >= 4 is 17.3 Å². The van der Waals surface area contributed by atoms with E-state index in [1.54, 1.807) is 13.2 Å². The third-order valence-electron chi connectivity index (χ3n) is 2.72. The average molecular weight is 244 g/mol. The SMILES string of the molecule is CCc1ccccc1NC(=O)c1nn(C)cc1N. The van der Waals surface area contributed by atoms with Crippen LogP contribution in [0.25, 0.3) is 0 Å². The molecule has 0 aliphatic rings. The Hall–Kier alpha value is -2.30. The minimum atomic E-state index is -0.283. The van der Waals surface area contributed by atoms with Crippen LogP contribution in [0, 0.1) is 0 Å². The van der Waals surface area contributed by atoms with Gasteiger partial charge in [-0.15, -0.1) is 0 Å². The molecule has 0 aliphatic carbocycles. The lowest BCUT2D eigenvalue weighted by molar-refractivity contribution is 0.102. The molecule has 1 amide bonds. The number of rotatable bonds is 3. The Morgan fingerprint density at radius 3 is 2.78 bits per heavy atom. The second-order valence-electron chi connectivity index (χ2n) is 4.07. The molecular formula is C13H16N4O. The zero-order valence-corrected chi connectivity index (χ0v) is 10.5. The molecule has 1 aromatic heterocycles. The number of hydrogen-bond donors (Lipinski definition) is 2. The zero-order chi connectivity index (χ0) is 13.1. The van der Waals surface area contributed by atoms with E-state index in [4.69, 9.17) is 5.73 Å². The summed E-state index contributed by atoms with van der Waals surface area (Å²) in [5.74, 6) is -0.283. The van der Waals surface area contributed by atoms with E-state index in [1.165, 1.54) is 4.68 Å². The van der Waals surface area contributed by atoms with Crippen molar-refractivity contribution in [1.29, 1.82) is 0 Å². The number of hydrogen-bond acceptors (Lipinski definition) is 3. The summed E-state index contributed by atoms with van der Waals surface area (Å²) in [6, 6.07) is 7.69. The van der Waals surface area contributed by atoms with Crippen LogP contribution >= 0.6 is 0 Å². The highest BCUT2D eigenvalue weighted by atomic mass is 16.2. The van der Waals surface area contributed by atoms with Gasteiger partial charge in [-0.25, -0.2) is 0 Å². The minimum Gasteiger partial charge on any atom is -0.396 e. The minimum absolute atomic E-state index is 0.253. The summed E-state index contributed by atoms with van der Waals surface area (Å²) in [7, 11) is 1.73. The standard InChI is InChI=1S/C13H16N4O/c1-3-9-6-4-5-7-11(9)15-13(18)12-10(14)8-17(2)16-12/h4-8H,3,14H2,1-2H3,(H,15,18). The molecule has 18 heavy (non-hydrogen) atoms. The number of nitrogen functional groups attached to an aromatic ring is 1. The van der Waals surface area contributed by atoms with Crippen LogP contribution in [0.15, 0.2) is 30.5 Å². The number of carbonyl (C=O) groups is 1. The molecule has 5 heteroatoms. The Labute approximate surface area is 106 Å². The maximum absolute atomic E-state index is 12.0. The van der Waals surface area contributed by atoms with Gasteiger partial charge >= 0.3 is 0 Å². The van der Waals surface area contributed by atoms with Crippen LogP contribution in [0.4, 0.5) is 11.4 Å². The highest BCUT2D eigenvalue weighted by Gasteiger charge is 2.14. The van der Waals surface area contributed by atoms with Gasteiger partial charge in [0.05, 0.1) is 5.69 Å². The van der Waals surface area contributed by atoms with Crippen molar-refractivity contribution in [2.24, 2.45) is 7.05 Å². The first kappa shape index (κ1) is 12.2. The number of para-hydroxylation sites is 1. The van der Waals surface area contributed by atoms with Crippen molar-refractivity contribution in [3.63, 3.8) is 0 Å². The number of nitrogens with one attached hydrogen (secondary N) is 1. The molecular weight excluding hydrogens is 228 g/mol. The van der Waals surface area contributed by atoms with Crippen LogP contribution in [-0.2, 0) is 13.5 Å². The van der Waals surface area contributed by atoms with Crippen molar-refractivity contribution < 1.29 is 4.79 Å². The van der Waals surface area contributed by atoms with E-state index in [1.807, 2.05) is 31.2 Å². The first-order valence-corrected chi connectivity index (χ1v) is 5.80. The van der Waals surface area contributed by atoms with Gasteiger partial charge in [-0.2, -0.15) is 5.10 Å². The molecule has 3 N–H and O–H groups in total. The first-order chi connectivity index (χ1) is 8.61. The Balaban J connectivity index is 2.24. The Morgan fingerprint density at radius 1 is 1.44 bits per heavy atom. The highest BCUT2D eigenvalue weighted by molar-refractivity contribution is 6.06. The predicted octanol–water partition coefficient (Wildman–Crippen LogP) is 1.82. The molecule has 0 bridgehead atoms. The molecule has 0 aliphatic heterocycles. The largest absolute Gasteiger partial charge is 0.396 e. The number of amides is 1. The van der Waals surface area contributed by atoms with Crippen molar-refractivity contribution in [3.05, 3.63) is 41.7 Å². The van der Waals surface area contributed by atoms with E-state index in [-0.39, 0.29) is 11.6 Å². The maximum Gasteiger partial charge on any atom is 0.278 e. The first-order valence-electron chi connectivity index (χ1n) is 5.80. The molecule has 1 aromatic carbocycles. The molecule has 0 saturated heterocycles. The smallest absolute Gasteiger partial charge is 0.278 e. The Morgan fingerprint density at radius 2 is 2.17 bits per heavy atom. The monoisotopic (exact) mass is 244 g/mol. The summed E-state index contributed by atoms with van der Waals surface area (Å²) in [5.41, 5.74) is 8.24. The number of aryl methyl sites for hydroxylation is 2. The molecule has 0 fully saturated rings. The van der Waals surface area contributed by atoms with E-state index in [0.717, 1.165) is 17.7 Å². The summed E-state index contributed by atoms with van der Waals surface area (Å²) in [5, 5.41) is 6.88. The lowest BCUT2D eigenvalue weighted by Gasteiger charge is -2.08. The molecule has 0 spiro atoms. The second kappa shape index (κ2) is 4.91. The van der Waals surface area contributed by atoms with Crippen molar-refractivity contribution in [2.75, 3.05) is 11.1 Å². The van der Waals surface area contributed by atoms with Gasteiger partial charge < -0.3 is 11.1 Å². The number of nitrogens with zero attached hydrogens (tertiary/aromatic N) is 2. The zero-order valence-electron chi connectivity index (χ0n) is 10.5. The fraction of sp³-hybridized carbons (Fsp3) is 0.231. The molecule has 2 aromatic rings. The van der Waals surface area contributed by atoms with Gasteiger partial charge in [0.1, 0.15) is 0 Å². The number of nitrogens with two attached hydrogens (primary N) is 1. The number of benzene rings is 1. The van der Waals surface area contributed by atoms with Crippen molar-refractivity contribution in [3.8, 4) is 0 Å². The van der Waals surface area contributed by atoms with Gasteiger partial charge in [0, 0.05) is 18.9 Å². The van der Waals surface area contributed by atoms with Crippen LogP contribution in [0.2, 0.25) is 0 Å². The van der Waals surface area contributed by atoms with E-state index in [9.17, 15) is 4.79 Å². The van der Waals surface area contributed by atoms with E-state index in [2.05, 4.69) is 10.4 Å². The lowest BCUT2D eigenvalue weighted by Crippen LogP contribution is -2.15. The molecule has 0 saturated carbocycles. The normalized spacial score (nSPS) is 10.3. The second-order valence-corrected chi connectivity index (χ2v) is 4.07. The van der Waals surface area contributed by atoms with Gasteiger partial charge in [0.15, 0.2) is 5.69 Å². The third-order valence-corrected chi connectivity index (χ3v) is 2.72. The van der Waals surface area contributed by atoms with Gasteiger partial charge in [0.2, 0.25) is 0 Å².